The summed E-state index contributed by atoms with van der Waals surface area (Å²) in [6.45, 7) is 0. The number of aliphatic carboxylic acids is 1. The predicted molar refractivity (Wildman–Crippen MR) is 103 cm³/mol. The number of Topliss-reactive ketones (excluding diaryl/α,β-unsaturated/α-hetero) is 1. The second-order valence-electron chi connectivity index (χ2n) is 7.06. The fourth-order valence-corrected chi connectivity index (χ4v) is 3.44. The lowest BCUT2D eigenvalue weighted by Crippen LogP contribution is -2.19. The Morgan fingerprint density at radius 2 is 1.96 bits per heavy atom. The Morgan fingerprint density at radius 3 is 2.67 bits per heavy atom. The van der Waals surface area contributed by atoms with Gasteiger partial charge in [0, 0.05) is 31.1 Å². The van der Waals surface area contributed by atoms with E-state index >= 15 is 0 Å². The van der Waals surface area contributed by atoms with Gasteiger partial charge in [-0.1, -0.05) is 54.6 Å². The minimum absolute atomic E-state index is 0.0323. The molecule has 1 aromatic carbocycles. The van der Waals surface area contributed by atoms with Gasteiger partial charge in [0.25, 0.3) is 0 Å². The normalized spacial score (nSPS) is 24.1. The van der Waals surface area contributed by atoms with Crippen LogP contribution in [0.1, 0.15) is 37.7 Å². The van der Waals surface area contributed by atoms with Crippen LogP contribution in [-0.2, 0) is 16.0 Å². The van der Waals surface area contributed by atoms with Crippen molar-refractivity contribution in [2.75, 3.05) is 0 Å². The number of aliphatic hydroxyl groups excluding tert-OH is 2. The number of hydrogen-bond donors (Lipinski definition) is 3. The third kappa shape index (κ3) is 7.12. The van der Waals surface area contributed by atoms with Crippen LogP contribution in [0.15, 0.2) is 54.6 Å². The summed E-state index contributed by atoms with van der Waals surface area (Å²) in [7, 11) is 0. The fraction of sp³-hybridized carbons (Fsp3) is 0.455. The summed E-state index contributed by atoms with van der Waals surface area (Å²) in [5.41, 5.74) is 1.03. The fourth-order valence-electron chi connectivity index (χ4n) is 3.44. The molecule has 0 spiro atoms. The summed E-state index contributed by atoms with van der Waals surface area (Å²) < 4.78 is 0. The third-order valence-corrected chi connectivity index (χ3v) is 4.89. The molecule has 2 rings (SSSR count). The highest BCUT2D eigenvalue weighted by molar-refractivity contribution is 5.84. The smallest absolute Gasteiger partial charge is 0.303 e. The van der Waals surface area contributed by atoms with Crippen LogP contribution in [0.4, 0.5) is 0 Å². The van der Waals surface area contributed by atoms with E-state index in [1.807, 2.05) is 42.5 Å². The Morgan fingerprint density at radius 1 is 1.22 bits per heavy atom. The number of carbonyl (C=O) groups is 2. The van der Waals surface area contributed by atoms with E-state index in [-0.39, 0.29) is 30.5 Å². The minimum atomic E-state index is -0.809. The van der Waals surface area contributed by atoms with Crippen molar-refractivity contribution in [3.8, 4) is 0 Å². The Kier molecular flexibility index (Phi) is 8.43. The van der Waals surface area contributed by atoms with Crippen molar-refractivity contribution >= 4 is 11.8 Å². The van der Waals surface area contributed by atoms with Gasteiger partial charge in [-0.2, -0.15) is 0 Å². The van der Waals surface area contributed by atoms with Crippen LogP contribution < -0.4 is 0 Å². The van der Waals surface area contributed by atoms with Gasteiger partial charge in [0.1, 0.15) is 5.78 Å². The van der Waals surface area contributed by atoms with Crippen LogP contribution >= 0.6 is 0 Å². The van der Waals surface area contributed by atoms with E-state index in [0.29, 0.717) is 25.7 Å². The first-order chi connectivity index (χ1) is 13.0. The summed E-state index contributed by atoms with van der Waals surface area (Å²) in [5, 5.41) is 29.0. The van der Waals surface area contributed by atoms with Crippen molar-refractivity contribution in [1.82, 2.24) is 0 Å². The molecule has 1 aliphatic rings. The quantitative estimate of drug-likeness (QED) is 0.434. The molecule has 0 aliphatic heterocycles. The van der Waals surface area contributed by atoms with Crippen molar-refractivity contribution < 1.29 is 24.9 Å². The Hall–Kier alpha value is -2.24. The van der Waals surface area contributed by atoms with Gasteiger partial charge in [0.05, 0.1) is 12.2 Å². The molecule has 4 atom stereocenters. The van der Waals surface area contributed by atoms with E-state index in [0.717, 1.165) is 5.56 Å². The first-order valence-electron chi connectivity index (χ1n) is 9.45. The van der Waals surface area contributed by atoms with Gasteiger partial charge in [-0.05, 0) is 24.8 Å². The van der Waals surface area contributed by atoms with E-state index in [9.17, 15) is 19.8 Å². The summed E-state index contributed by atoms with van der Waals surface area (Å²) in [4.78, 5) is 22.7. The molecule has 5 nitrogen and oxygen atoms in total. The molecule has 1 aliphatic carbocycles. The molecule has 2 unspecified atom stereocenters. The van der Waals surface area contributed by atoms with E-state index < -0.39 is 18.2 Å². The molecule has 0 bridgehead atoms. The van der Waals surface area contributed by atoms with Gasteiger partial charge in [0.15, 0.2) is 0 Å². The molecular weight excluding hydrogens is 344 g/mol. The lowest BCUT2D eigenvalue weighted by Gasteiger charge is -2.16. The SMILES string of the molecule is O=C(O)CCC/C=C\C[C@H]1C(=O)CC(O)[C@@H]1/C=C/C(O)Cc1ccccc1. The number of allylic oxidation sites excluding steroid dienone is 2. The van der Waals surface area contributed by atoms with Gasteiger partial charge in [-0.3, -0.25) is 9.59 Å². The summed E-state index contributed by atoms with van der Waals surface area (Å²) in [6.07, 6.45) is 8.36. The van der Waals surface area contributed by atoms with Gasteiger partial charge < -0.3 is 15.3 Å². The number of hydrogen-bond acceptors (Lipinski definition) is 4. The zero-order valence-corrected chi connectivity index (χ0v) is 15.4. The molecule has 5 heteroatoms. The average molecular weight is 372 g/mol. The number of carboxylic acid groups (broad SMARTS) is 1. The Labute approximate surface area is 160 Å². The number of benzene rings is 1. The largest absolute Gasteiger partial charge is 0.481 e. The molecule has 3 N–H and O–H groups in total. The number of aliphatic hydroxyl groups is 2. The maximum Gasteiger partial charge on any atom is 0.303 e. The minimum Gasteiger partial charge on any atom is -0.481 e. The molecule has 0 heterocycles. The Balaban J connectivity index is 1.87. The van der Waals surface area contributed by atoms with E-state index in [1.54, 1.807) is 12.2 Å². The molecule has 0 saturated heterocycles. The number of ketones is 1. The van der Waals surface area contributed by atoms with E-state index in [2.05, 4.69) is 0 Å². The summed E-state index contributed by atoms with van der Waals surface area (Å²) in [6, 6.07) is 9.66. The zero-order chi connectivity index (χ0) is 19.6. The lowest BCUT2D eigenvalue weighted by atomic mass is 9.90. The van der Waals surface area contributed by atoms with Crippen molar-refractivity contribution in [2.24, 2.45) is 11.8 Å². The molecule has 1 saturated carbocycles. The number of carboxylic acids is 1. The van der Waals surface area contributed by atoms with Crippen molar-refractivity contribution in [3.63, 3.8) is 0 Å². The second kappa shape index (κ2) is 10.8. The first-order valence-corrected chi connectivity index (χ1v) is 9.45. The van der Waals surface area contributed by atoms with Crippen LogP contribution in [0, 0.1) is 11.8 Å². The van der Waals surface area contributed by atoms with Crippen molar-refractivity contribution in [3.05, 3.63) is 60.2 Å². The molecule has 27 heavy (non-hydrogen) atoms. The molecular formula is C22H28O5. The lowest BCUT2D eigenvalue weighted by molar-refractivity contribution is -0.137. The van der Waals surface area contributed by atoms with Crippen molar-refractivity contribution in [1.29, 1.82) is 0 Å². The van der Waals surface area contributed by atoms with Crippen LogP contribution in [-0.4, -0.2) is 39.3 Å². The van der Waals surface area contributed by atoms with Gasteiger partial charge in [0.2, 0.25) is 0 Å². The molecule has 1 fully saturated rings. The molecule has 146 valence electrons. The van der Waals surface area contributed by atoms with Gasteiger partial charge in [-0.25, -0.2) is 0 Å². The highest BCUT2D eigenvalue weighted by Crippen LogP contribution is 2.33. The number of carbonyl (C=O) groups excluding carboxylic acids is 1. The zero-order valence-electron chi connectivity index (χ0n) is 15.4. The highest BCUT2D eigenvalue weighted by atomic mass is 16.4. The van der Waals surface area contributed by atoms with Crippen LogP contribution in [0.25, 0.3) is 0 Å². The van der Waals surface area contributed by atoms with Gasteiger partial charge >= 0.3 is 5.97 Å². The maximum atomic E-state index is 12.2. The topological polar surface area (TPSA) is 94.8 Å². The average Bonchev–Trinajstić information content (AvgIpc) is 2.89. The van der Waals surface area contributed by atoms with Gasteiger partial charge in [-0.15, -0.1) is 0 Å². The van der Waals surface area contributed by atoms with Crippen LogP contribution in [0.3, 0.4) is 0 Å². The summed E-state index contributed by atoms with van der Waals surface area (Å²) in [5.74, 6) is -1.37. The van der Waals surface area contributed by atoms with Crippen LogP contribution in [0.5, 0.6) is 0 Å². The maximum absolute atomic E-state index is 12.2. The molecule has 0 radical (unpaired) electrons. The molecule has 0 amide bonds. The first kappa shape index (κ1) is 21.1. The third-order valence-electron chi connectivity index (χ3n) is 4.89. The monoisotopic (exact) mass is 372 g/mol. The number of unbranched alkanes of at least 4 members (excludes halogenated alkanes) is 1. The van der Waals surface area contributed by atoms with E-state index in [4.69, 9.17) is 5.11 Å². The predicted octanol–water partition coefficient (Wildman–Crippen LogP) is 2.91. The van der Waals surface area contributed by atoms with Crippen LogP contribution in [0.2, 0.25) is 0 Å². The standard InChI is InChI=1S/C22H28O5/c23-17(14-16-8-4-3-5-9-16)12-13-19-18(20(24)15-21(19)25)10-6-1-2-7-11-22(26)27/h1,3-6,8-9,12-13,17-19,21,23,25H,2,7,10-11,14-15H2,(H,26,27)/b6-1-,13-12+/t17?,18-,19-,21?/m1/s1. The Bertz CT molecular complexity index is 665. The second-order valence-corrected chi connectivity index (χ2v) is 7.06. The summed E-state index contributed by atoms with van der Waals surface area (Å²) >= 11 is 0. The number of rotatable bonds is 10. The van der Waals surface area contributed by atoms with Crippen molar-refractivity contribution in [2.45, 2.75) is 50.7 Å². The molecule has 1 aromatic rings. The van der Waals surface area contributed by atoms with E-state index in [1.165, 1.54) is 0 Å². The highest BCUT2D eigenvalue weighted by Gasteiger charge is 2.39. The molecule has 0 aromatic heterocycles.